The van der Waals surface area contributed by atoms with Gasteiger partial charge in [-0.25, -0.2) is 4.39 Å². The van der Waals surface area contributed by atoms with Gasteiger partial charge in [0.2, 0.25) is 0 Å². The first-order chi connectivity index (χ1) is 7.78. The molecule has 0 aliphatic rings. The summed E-state index contributed by atoms with van der Waals surface area (Å²) < 4.78 is 13.5. The first kappa shape index (κ1) is 14.8. The Morgan fingerprint density at radius 3 is 2.65 bits per heavy atom. The van der Waals surface area contributed by atoms with E-state index in [1.54, 1.807) is 17.8 Å². The molecular weight excluding hydrogens is 259 g/mol. The highest BCUT2D eigenvalue weighted by molar-refractivity contribution is 8.00. The second-order valence-electron chi connectivity index (χ2n) is 5.02. The summed E-state index contributed by atoms with van der Waals surface area (Å²) in [5.41, 5.74) is 0.472. The van der Waals surface area contributed by atoms with Crippen LogP contribution in [0.25, 0.3) is 0 Å². The van der Waals surface area contributed by atoms with Crippen LogP contribution in [0.3, 0.4) is 0 Å². The van der Waals surface area contributed by atoms with Gasteiger partial charge in [0.25, 0.3) is 0 Å². The molecule has 1 unspecified atom stereocenters. The number of hydrogen-bond acceptors (Lipinski definition) is 2. The second-order valence-corrected chi connectivity index (χ2v) is 7.30. The van der Waals surface area contributed by atoms with Crippen molar-refractivity contribution in [2.75, 3.05) is 5.75 Å². The molecule has 0 amide bonds. The molecule has 1 N–H and O–H groups in total. The third kappa shape index (κ3) is 5.75. The van der Waals surface area contributed by atoms with Gasteiger partial charge in [-0.3, -0.25) is 0 Å². The van der Waals surface area contributed by atoms with E-state index < -0.39 is 6.10 Å². The van der Waals surface area contributed by atoms with E-state index in [1.165, 1.54) is 12.1 Å². The van der Waals surface area contributed by atoms with Gasteiger partial charge in [-0.05, 0) is 23.8 Å². The lowest BCUT2D eigenvalue weighted by molar-refractivity contribution is 0.198. The van der Waals surface area contributed by atoms with Crippen molar-refractivity contribution in [1.82, 2.24) is 0 Å². The third-order valence-electron chi connectivity index (χ3n) is 2.17. The Balaban J connectivity index is 2.56. The molecule has 0 spiro atoms. The Hall–Kier alpha value is -0.250. The van der Waals surface area contributed by atoms with Crippen LogP contribution in [-0.4, -0.2) is 21.7 Å². The quantitative estimate of drug-likeness (QED) is 0.900. The van der Waals surface area contributed by atoms with Crippen LogP contribution in [0, 0.1) is 5.82 Å². The smallest absolute Gasteiger partial charge is 0.126 e. The topological polar surface area (TPSA) is 20.2 Å². The number of halogens is 2. The molecule has 4 heteroatoms. The number of aliphatic hydroxyl groups excluding tert-OH is 1. The second kappa shape index (κ2) is 6.07. The van der Waals surface area contributed by atoms with Crippen LogP contribution in [0.2, 0.25) is 5.02 Å². The molecule has 96 valence electrons. The highest BCUT2D eigenvalue weighted by Crippen LogP contribution is 2.25. The van der Waals surface area contributed by atoms with Crippen LogP contribution in [-0.2, 0) is 6.42 Å². The van der Waals surface area contributed by atoms with Gasteiger partial charge in [0.1, 0.15) is 5.82 Å². The van der Waals surface area contributed by atoms with E-state index in [2.05, 4.69) is 20.8 Å². The SMILES string of the molecule is CC(C)(C)SCC(O)Cc1cc(Cl)ccc1F. The monoisotopic (exact) mass is 276 g/mol. The zero-order valence-corrected chi connectivity index (χ0v) is 11.9. The van der Waals surface area contributed by atoms with E-state index in [4.69, 9.17) is 11.6 Å². The molecular formula is C13H18ClFOS. The van der Waals surface area contributed by atoms with Crippen LogP contribution in [0.1, 0.15) is 26.3 Å². The van der Waals surface area contributed by atoms with Gasteiger partial charge < -0.3 is 5.11 Å². The van der Waals surface area contributed by atoms with Gasteiger partial charge in [-0.1, -0.05) is 32.4 Å². The fraction of sp³-hybridized carbons (Fsp3) is 0.538. The van der Waals surface area contributed by atoms with Gasteiger partial charge in [-0.15, -0.1) is 0 Å². The molecule has 0 saturated heterocycles. The molecule has 1 rings (SSSR count). The van der Waals surface area contributed by atoms with E-state index in [1.807, 2.05) is 0 Å². The summed E-state index contributed by atoms with van der Waals surface area (Å²) in [4.78, 5) is 0. The normalized spacial score (nSPS) is 13.8. The molecule has 0 fully saturated rings. The van der Waals surface area contributed by atoms with E-state index >= 15 is 0 Å². The van der Waals surface area contributed by atoms with E-state index in [9.17, 15) is 9.50 Å². The van der Waals surface area contributed by atoms with Gasteiger partial charge in [0, 0.05) is 21.9 Å². The lowest BCUT2D eigenvalue weighted by Crippen LogP contribution is -2.19. The van der Waals surface area contributed by atoms with Crippen molar-refractivity contribution >= 4 is 23.4 Å². The minimum atomic E-state index is -0.549. The molecule has 0 aromatic heterocycles. The fourth-order valence-electron chi connectivity index (χ4n) is 1.36. The molecule has 0 radical (unpaired) electrons. The van der Waals surface area contributed by atoms with Crippen LogP contribution in [0.4, 0.5) is 4.39 Å². The summed E-state index contributed by atoms with van der Waals surface area (Å²) in [6.45, 7) is 6.26. The molecule has 17 heavy (non-hydrogen) atoms. The highest BCUT2D eigenvalue weighted by atomic mass is 35.5. The van der Waals surface area contributed by atoms with Gasteiger partial charge >= 0.3 is 0 Å². The summed E-state index contributed by atoms with van der Waals surface area (Å²) in [7, 11) is 0. The van der Waals surface area contributed by atoms with Crippen molar-refractivity contribution in [3.05, 3.63) is 34.6 Å². The molecule has 1 nitrogen and oxygen atoms in total. The maximum Gasteiger partial charge on any atom is 0.126 e. The van der Waals surface area contributed by atoms with Crippen molar-refractivity contribution < 1.29 is 9.50 Å². The van der Waals surface area contributed by atoms with Crippen molar-refractivity contribution in [2.45, 2.75) is 38.0 Å². The average molecular weight is 277 g/mol. The zero-order chi connectivity index (χ0) is 13.1. The summed E-state index contributed by atoms with van der Waals surface area (Å²) in [5, 5.41) is 10.3. The largest absolute Gasteiger partial charge is 0.392 e. The maximum absolute atomic E-state index is 13.4. The summed E-state index contributed by atoms with van der Waals surface area (Å²) in [5.74, 6) is 0.282. The van der Waals surface area contributed by atoms with Crippen molar-refractivity contribution in [3.63, 3.8) is 0 Å². The molecule has 1 aromatic carbocycles. The molecule has 1 atom stereocenters. The molecule has 0 aliphatic heterocycles. The van der Waals surface area contributed by atoms with Crippen LogP contribution in [0.5, 0.6) is 0 Å². The first-order valence-electron chi connectivity index (χ1n) is 5.54. The number of benzene rings is 1. The highest BCUT2D eigenvalue weighted by Gasteiger charge is 2.15. The predicted octanol–water partition coefficient (Wildman–Crippen LogP) is 3.91. The van der Waals surface area contributed by atoms with Crippen LogP contribution < -0.4 is 0 Å². The Bertz CT molecular complexity index is 376. The van der Waals surface area contributed by atoms with Crippen molar-refractivity contribution in [2.24, 2.45) is 0 Å². The van der Waals surface area contributed by atoms with Gasteiger partial charge in [0.15, 0.2) is 0 Å². The Morgan fingerprint density at radius 1 is 1.41 bits per heavy atom. The lowest BCUT2D eigenvalue weighted by atomic mass is 10.1. The molecule has 0 saturated carbocycles. The Kier molecular flexibility index (Phi) is 5.29. The van der Waals surface area contributed by atoms with E-state index in [0.717, 1.165) is 0 Å². The van der Waals surface area contributed by atoms with Crippen LogP contribution >= 0.6 is 23.4 Å². The maximum atomic E-state index is 13.4. The van der Waals surface area contributed by atoms with Crippen molar-refractivity contribution in [3.8, 4) is 0 Å². The summed E-state index contributed by atoms with van der Waals surface area (Å²) in [6.07, 6.45) is -0.248. The average Bonchev–Trinajstić information content (AvgIpc) is 2.20. The molecule has 0 heterocycles. The lowest BCUT2D eigenvalue weighted by Gasteiger charge is -2.20. The van der Waals surface area contributed by atoms with Crippen molar-refractivity contribution in [1.29, 1.82) is 0 Å². The van der Waals surface area contributed by atoms with Gasteiger partial charge in [-0.2, -0.15) is 11.8 Å². The predicted molar refractivity (Wildman–Crippen MR) is 73.3 cm³/mol. The van der Waals surface area contributed by atoms with E-state index in [-0.39, 0.29) is 10.6 Å². The molecule has 0 aliphatic carbocycles. The van der Waals surface area contributed by atoms with E-state index in [0.29, 0.717) is 22.8 Å². The molecule has 0 bridgehead atoms. The Morgan fingerprint density at radius 2 is 2.06 bits per heavy atom. The molecule has 1 aromatic rings. The van der Waals surface area contributed by atoms with Gasteiger partial charge in [0.05, 0.1) is 6.10 Å². The fourth-order valence-corrected chi connectivity index (χ4v) is 2.36. The Labute approximate surface area is 111 Å². The first-order valence-corrected chi connectivity index (χ1v) is 6.90. The minimum absolute atomic E-state index is 0.105. The zero-order valence-electron chi connectivity index (χ0n) is 10.3. The number of thioether (sulfide) groups is 1. The summed E-state index contributed by atoms with van der Waals surface area (Å²) in [6, 6.07) is 4.42. The minimum Gasteiger partial charge on any atom is -0.392 e. The number of hydrogen-bond donors (Lipinski definition) is 1. The number of rotatable bonds is 4. The van der Waals surface area contributed by atoms with Crippen LogP contribution in [0.15, 0.2) is 18.2 Å². The standard InChI is InChI=1S/C13H18ClFOS/c1-13(2,3)17-8-11(16)7-9-6-10(14)4-5-12(9)15/h4-6,11,16H,7-8H2,1-3H3. The number of aliphatic hydroxyl groups is 1. The third-order valence-corrected chi connectivity index (χ3v) is 3.82. The summed E-state index contributed by atoms with van der Waals surface area (Å²) >= 11 is 7.46.